The predicted octanol–water partition coefficient (Wildman–Crippen LogP) is 3.76. The van der Waals surface area contributed by atoms with Gasteiger partial charge in [0.15, 0.2) is 0 Å². The molecule has 0 saturated carbocycles. The van der Waals surface area contributed by atoms with Crippen LogP contribution < -0.4 is 0 Å². The van der Waals surface area contributed by atoms with Crippen molar-refractivity contribution in [1.82, 2.24) is 0 Å². The van der Waals surface area contributed by atoms with Crippen molar-refractivity contribution >= 4 is 17.6 Å². The van der Waals surface area contributed by atoms with Crippen LogP contribution in [0.15, 0.2) is 48.5 Å². The summed E-state index contributed by atoms with van der Waals surface area (Å²) in [4.78, 5) is 11.3. The Morgan fingerprint density at radius 3 is 2.16 bits per heavy atom. The molecule has 2 aromatic carbocycles. The van der Waals surface area contributed by atoms with Crippen molar-refractivity contribution in [3.05, 3.63) is 71.0 Å². The first-order valence-corrected chi connectivity index (χ1v) is 5.84. The number of aliphatic carboxylic acids is 1. The lowest BCUT2D eigenvalue weighted by Crippen LogP contribution is -1.99. The molecule has 0 heterocycles. The van der Waals surface area contributed by atoms with Crippen LogP contribution in [0.2, 0.25) is 0 Å². The summed E-state index contributed by atoms with van der Waals surface area (Å²) in [5.41, 5.74) is 2.53. The maximum absolute atomic E-state index is 12.9. The molecule has 0 aliphatic rings. The fraction of sp³-hybridized carbons (Fsp3) is 0.0625. The monoisotopic (exact) mass is 256 g/mol. The van der Waals surface area contributed by atoms with Crippen LogP contribution in [0.1, 0.15) is 16.7 Å². The smallest absolute Gasteiger partial charge is 0.336 e. The number of carboxylic acid groups (broad SMARTS) is 1. The average Bonchev–Trinajstić information content (AvgIpc) is 2.39. The van der Waals surface area contributed by atoms with Gasteiger partial charge < -0.3 is 5.11 Å². The lowest BCUT2D eigenvalue weighted by atomic mass is 10.0. The molecule has 0 saturated heterocycles. The van der Waals surface area contributed by atoms with E-state index in [0.717, 1.165) is 11.1 Å². The summed E-state index contributed by atoms with van der Waals surface area (Å²) in [6.45, 7) is 1.96. The van der Waals surface area contributed by atoms with Gasteiger partial charge in [-0.2, -0.15) is 0 Å². The Hall–Kier alpha value is -2.42. The second kappa shape index (κ2) is 5.48. The predicted molar refractivity (Wildman–Crippen MR) is 73.1 cm³/mol. The number of hydrogen-bond acceptors (Lipinski definition) is 1. The molecule has 1 N–H and O–H groups in total. The van der Waals surface area contributed by atoms with Gasteiger partial charge >= 0.3 is 5.97 Å². The highest BCUT2D eigenvalue weighted by Gasteiger charge is 2.10. The molecule has 3 heteroatoms. The Morgan fingerprint density at radius 2 is 1.63 bits per heavy atom. The third kappa shape index (κ3) is 3.28. The van der Waals surface area contributed by atoms with Crippen LogP contribution in [0.4, 0.5) is 4.39 Å². The SMILES string of the molecule is Cc1ccc(/C=C(\C(=O)O)c2ccc(F)cc2)cc1. The van der Waals surface area contributed by atoms with E-state index in [1.165, 1.54) is 24.3 Å². The summed E-state index contributed by atoms with van der Waals surface area (Å²) in [6.07, 6.45) is 1.58. The summed E-state index contributed by atoms with van der Waals surface area (Å²) in [5.74, 6) is -1.42. The van der Waals surface area contributed by atoms with Crippen molar-refractivity contribution in [3.8, 4) is 0 Å². The van der Waals surface area contributed by atoms with Gasteiger partial charge in [-0.1, -0.05) is 42.0 Å². The highest BCUT2D eigenvalue weighted by molar-refractivity contribution is 6.20. The van der Waals surface area contributed by atoms with Gasteiger partial charge in [-0.3, -0.25) is 0 Å². The summed E-state index contributed by atoms with van der Waals surface area (Å²) in [7, 11) is 0. The Bertz CT molecular complexity index is 610. The molecule has 2 rings (SSSR count). The van der Waals surface area contributed by atoms with Crippen molar-refractivity contribution in [2.24, 2.45) is 0 Å². The zero-order chi connectivity index (χ0) is 13.8. The molecule has 0 aliphatic carbocycles. The number of benzene rings is 2. The average molecular weight is 256 g/mol. The fourth-order valence-electron chi connectivity index (χ4n) is 1.73. The van der Waals surface area contributed by atoms with Gasteiger partial charge in [-0.25, -0.2) is 9.18 Å². The number of rotatable bonds is 3. The van der Waals surface area contributed by atoms with Gasteiger partial charge in [-0.05, 0) is 36.3 Å². The Kier molecular flexibility index (Phi) is 3.76. The highest BCUT2D eigenvalue weighted by Crippen LogP contribution is 2.19. The molecule has 0 atom stereocenters. The number of carbonyl (C=O) groups is 1. The second-order valence-corrected chi connectivity index (χ2v) is 4.28. The first-order chi connectivity index (χ1) is 9.06. The third-order valence-electron chi connectivity index (χ3n) is 2.77. The van der Waals surface area contributed by atoms with Crippen molar-refractivity contribution in [2.75, 3.05) is 0 Å². The minimum Gasteiger partial charge on any atom is -0.478 e. The van der Waals surface area contributed by atoms with E-state index >= 15 is 0 Å². The minimum absolute atomic E-state index is 0.142. The zero-order valence-electron chi connectivity index (χ0n) is 10.4. The molecule has 96 valence electrons. The van der Waals surface area contributed by atoms with E-state index in [1.807, 2.05) is 31.2 Å². The normalized spacial score (nSPS) is 11.4. The van der Waals surface area contributed by atoms with E-state index < -0.39 is 5.97 Å². The largest absolute Gasteiger partial charge is 0.478 e. The molecule has 2 nitrogen and oxygen atoms in total. The highest BCUT2D eigenvalue weighted by atomic mass is 19.1. The fourth-order valence-corrected chi connectivity index (χ4v) is 1.73. The van der Waals surface area contributed by atoms with E-state index in [2.05, 4.69) is 0 Å². The van der Waals surface area contributed by atoms with Crippen LogP contribution in [-0.2, 0) is 4.79 Å². The Balaban J connectivity index is 2.43. The Labute approximate surface area is 110 Å². The lowest BCUT2D eigenvalue weighted by molar-refractivity contribution is -0.130. The minimum atomic E-state index is -1.04. The summed E-state index contributed by atoms with van der Waals surface area (Å²) in [6, 6.07) is 12.9. The van der Waals surface area contributed by atoms with Crippen LogP contribution in [0, 0.1) is 12.7 Å². The van der Waals surface area contributed by atoms with Gasteiger partial charge in [-0.15, -0.1) is 0 Å². The van der Waals surface area contributed by atoms with E-state index in [9.17, 15) is 14.3 Å². The first kappa shape index (κ1) is 13.0. The van der Waals surface area contributed by atoms with Gasteiger partial charge in [0, 0.05) is 0 Å². The van der Waals surface area contributed by atoms with Crippen molar-refractivity contribution < 1.29 is 14.3 Å². The third-order valence-corrected chi connectivity index (χ3v) is 2.77. The number of carboxylic acids is 1. The van der Waals surface area contributed by atoms with E-state index in [4.69, 9.17) is 0 Å². The molecular formula is C16H13FO2. The summed E-state index contributed by atoms with van der Waals surface area (Å²) in [5, 5.41) is 9.25. The molecule has 19 heavy (non-hydrogen) atoms. The van der Waals surface area contributed by atoms with Crippen LogP contribution in [0.5, 0.6) is 0 Å². The van der Waals surface area contributed by atoms with Crippen molar-refractivity contribution in [3.63, 3.8) is 0 Å². The zero-order valence-corrected chi connectivity index (χ0v) is 10.4. The van der Waals surface area contributed by atoms with Crippen molar-refractivity contribution in [2.45, 2.75) is 6.92 Å². The number of halogens is 1. The molecule has 2 aromatic rings. The molecule has 0 amide bonds. The topological polar surface area (TPSA) is 37.3 Å². The molecule has 0 aliphatic heterocycles. The standard InChI is InChI=1S/C16H13FO2/c1-11-2-4-12(5-3-11)10-15(16(18)19)13-6-8-14(17)9-7-13/h2-10H,1H3,(H,18,19)/b15-10-. The van der Waals surface area contributed by atoms with Crippen LogP contribution in [0.3, 0.4) is 0 Å². The molecule has 0 spiro atoms. The molecule has 0 unspecified atom stereocenters. The molecule has 0 bridgehead atoms. The van der Waals surface area contributed by atoms with Crippen LogP contribution in [-0.4, -0.2) is 11.1 Å². The lowest BCUT2D eigenvalue weighted by Gasteiger charge is -2.03. The number of aryl methyl sites for hydroxylation is 1. The molecular weight excluding hydrogens is 243 g/mol. The van der Waals surface area contributed by atoms with Crippen molar-refractivity contribution in [1.29, 1.82) is 0 Å². The van der Waals surface area contributed by atoms with Crippen LogP contribution >= 0.6 is 0 Å². The van der Waals surface area contributed by atoms with Gasteiger partial charge in [0.25, 0.3) is 0 Å². The first-order valence-electron chi connectivity index (χ1n) is 5.84. The van der Waals surface area contributed by atoms with Gasteiger partial charge in [0.05, 0.1) is 5.57 Å². The summed E-state index contributed by atoms with van der Waals surface area (Å²) >= 11 is 0. The summed E-state index contributed by atoms with van der Waals surface area (Å²) < 4.78 is 12.9. The number of hydrogen-bond donors (Lipinski definition) is 1. The maximum Gasteiger partial charge on any atom is 0.336 e. The Morgan fingerprint density at radius 1 is 1.05 bits per heavy atom. The van der Waals surface area contributed by atoms with Gasteiger partial charge in [0.1, 0.15) is 5.82 Å². The molecule has 0 aromatic heterocycles. The molecule has 0 radical (unpaired) electrons. The van der Waals surface area contributed by atoms with Crippen LogP contribution in [0.25, 0.3) is 11.6 Å². The molecule has 0 fully saturated rings. The maximum atomic E-state index is 12.9. The van der Waals surface area contributed by atoms with E-state index in [0.29, 0.717) is 5.56 Å². The van der Waals surface area contributed by atoms with Gasteiger partial charge in [0.2, 0.25) is 0 Å². The van der Waals surface area contributed by atoms with E-state index in [1.54, 1.807) is 6.08 Å². The van der Waals surface area contributed by atoms with E-state index in [-0.39, 0.29) is 11.4 Å². The quantitative estimate of drug-likeness (QED) is 0.670. The second-order valence-electron chi connectivity index (χ2n) is 4.28.